The van der Waals surface area contributed by atoms with Crippen molar-refractivity contribution in [1.29, 1.82) is 0 Å². The second-order valence-electron chi connectivity index (χ2n) is 4.60. The van der Waals surface area contributed by atoms with Crippen LogP contribution in [0.15, 0.2) is 34.8 Å². The first kappa shape index (κ1) is 16.3. The smallest absolute Gasteiger partial charge is 0.256 e. The number of benzene rings is 2. The van der Waals surface area contributed by atoms with Crippen LogP contribution in [0.1, 0.15) is 15.9 Å². The van der Waals surface area contributed by atoms with Crippen molar-refractivity contribution in [2.45, 2.75) is 6.92 Å². The zero-order chi connectivity index (χ0) is 16.3. The molecule has 6 heteroatoms. The standard InChI is InChI=1S/C16H15BrFNO3/c1-9-6-14(21-2)15(22-3)8-13(9)19-16(20)11-5-4-10(18)7-12(11)17/h4-8H,1-3H3,(H,19,20). The molecule has 0 aliphatic carbocycles. The van der Waals surface area contributed by atoms with Crippen molar-refractivity contribution < 1.29 is 18.7 Å². The number of amides is 1. The molecule has 0 bridgehead atoms. The van der Waals surface area contributed by atoms with Gasteiger partial charge in [-0.05, 0) is 52.7 Å². The van der Waals surface area contributed by atoms with E-state index in [2.05, 4.69) is 21.2 Å². The highest BCUT2D eigenvalue weighted by atomic mass is 79.9. The van der Waals surface area contributed by atoms with Crippen LogP contribution in [0, 0.1) is 12.7 Å². The molecule has 0 radical (unpaired) electrons. The molecule has 0 fully saturated rings. The fourth-order valence-corrected chi connectivity index (χ4v) is 2.51. The Bertz CT molecular complexity index is 719. The van der Waals surface area contributed by atoms with Crippen molar-refractivity contribution in [2.75, 3.05) is 19.5 Å². The predicted octanol–water partition coefficient (Wildman–Crippen LogP) is 4.17. The summed E-state index contributed by atoms with van der Waals surface area (Å²) in [4.78, 5) is 12.3. The summed E-state index contributed by atoms with van der Waals surface area (Å²) >= 11 is 3.19. The lowest BCUT2D eigenvalue weighted by atomic mass is 10.1. The highest BCUT2D eigenvalue weighted by molar-refractivity contribution is 9.10. The number of halogens is 2. The molecule has 0 spiro atoms. The van der Waals surface area contributed by atoms with E-state index in [0.717, 1.165) is 5.56 Å². The van der Waals surface area contributed by atoms with Gasteiger partial charge in [0.15, 0.2) is 11.5 Å². The van der Waals surface area contributed by atoms with Gasteiger partial charge in [0.2, 0.25) is 0 Å². The van der Waals surface area contributed by atoms with E-state index < -0.39 is 5.82 Å². The van der Waals surface area contributed by atoms with E-state index in [4.69, 9.17) is 9.47 Å². The fourth-order valence-electron chi connectivity index (χ4n) is 1.98. The Balaban J connectivity index is 2.32. The topological polar surface area (TPSA) is 47.6 Å². The van der Waals surface area contributed by atoms with Gasteiger partial charge in [0.1, 0.15) is 5.82 Å². The molecule has 0 aliphatic heterocycles. The molecular weight excluding hydrogens is 353 g/mol. The van der Waals surface area contributed by atoms with E-state index in [1.165, 1.54) is 25.3 Å². The van der Waals surface area contributed by atoms with Gasteiger partial charge in [-0.3, -0.25) is 4.79 Å². The predicted molar refractivity (Wildman–Crippen MR) is 86.3 cm³/mol. The lowest BCUT2D eigenvalue weighted by Crippen LogP contribution is -2.13. The molecule has 1 amide bonds. The molecule has 0 saturated carbocycles. The Morgan fingerprint density at radius 2 is 1.77 bits per heavy atom. The Labute approximate surface area is 136 Å². The molecule has 0 saturated heterocycles. The second-order valence-corrected chi connectivity index (χ2v) is 5.45. The summed E-state index contributed by atoms with van der Waals surface area (Å²) in [5.74, 6) is 0.343. The summed E-state index contributed by atoms with van der Waals surface area (Å²) in [6.45, 7) is 1.84. The lowest BCUT2D eigenvalue weighted by Gasteiger charge is -2.14. The van der Waals surface area contributed by atoms with Crippen LogP contribution >= 0.6 is 15.9 Å². The van der Waals surface area contributed by atoms with E-state index in [1.54, 1.807) is 19.2 Å². The van der Waals surface area contributed by atoms with Crippen LogP contribution in [-0.4, -0.2) is 20.1 Å². The maximum Gasteiger partial charge on any atom is 0.256 e. The first-order valence-corrected chi connectivity index (χ1v) is 7.24. The first-order valence-electron chi connectivity index (χ1n) is 6.45. The number of anilines is 1. The number of rotatable bonds is 4. The van der Waals surface area contributed by atoms with Gasteiger partial charge in [0.25, 0.3) is 5.91 Å². The molecule has 4 nitrogen and oxygen atoms in total. The fraction of sp³-hybridized carbons (Fsp3) is 0.188. The SMILES string of the molecule is COc1cc(C)c(NC(=O)c2ccc(F)cc2Br)cc1OC. The van der Waals surface area contributed by atoms with Crippen LogP contribution in [-0.2, 0) is 0 Å². The quantitative estimate of drug-likeness (QED) is 0.882. The van der Waals surface area contributed by atoms with Gasteiger partial charge in [-0.15, -0.1) is 0 Å². The number of carbonyl (C=O) groups is 1. The molecule has 2 rings (SSSR count). The van der Waals surface area contributed by atoms with Gasteiger partial charge in [0, 0.05) is 16.2 Å². The van der Waals surface area contributed by atoms with Crippen molar-refractivity contribution in [1.82, 2.24) is 0 Å². The van der Waals surface area contributed by atoms with Gasteiger partial charge < -0.3 is 14.8 Å². The number of methoxy groups -OCH3 is 2. The summed E-state index contributed by atoms with van der Waals surface area (Å²) in [7, 11) is 3.07. The van der Waals surface area contributed by atoms with Crippen LogP contribution in [0.2, 0.25) is 0 Å². The lowest BCUT2D eigenvalue weighted by molar-refractivity contribution is 0.102. The monoisotopic (exact) mass is 367 g/mol. The normalized spacial score (nSPS) is 10.2. The number of carbonyl (C=O) groups excluding carboxylic acids is 1. The average molecular weight is 368 g/mol. The molecule has 1 N–H and O–H groups in total. The molecule has 0 aliphatic rings. The van der Waals surface area contributed by atoms with Crippen LogP contribution in [0.5, 0.6) is 11.5 Å². The Hall–Kier alpha value is -2.08. The van der Waals surface area contributed by atoms with E-state index in [-0.39, 0.29) is 5.91 Å². The van der Waals surface area contributed by atoms with Crippen molar-refractivity contribution >= 4 is 27.5 Å². The summed E-state index contributed by atoms with van der Waals surface area (Å²) < 4.78 is 23.9. The van der Waals surface area contributed by atoms with Gasteiger partial charge in [-0.25, -0.2) is 4.39 Å². The van der Waals surface area contributed by atoms with Crippen LogP contribution in [0.25, 0.3) is 0 Å². The number of hydrogen-bond donors (Lipinski definition) is 1. The van der Waals surface area contributed by atoms with Crippen molar-refractivity contribution in [2.24, 2.45) is 0 Å². The average Bonchev–Trinajstić information content (AvgIpc) is 2.48. The maximum atomic E-state index is 13.1. The first-order chi connectivity index (χ1) is 10.5. The van der Waals surface area contributed by atoms with Crippen molar-refractivity contribution in [3.8, 4) is 11.5 Å². The minimum Gasteiger partial charge on any atom is -0.493 e. The molecule has 22 heavy (non-hydrogen) atoms. The van der Waals surface area contributed by atoms with Crippen molar-refractivity contribution in [3.05, 3.63) is 51.7 Å². The molecule has 0 aromatic heterocycles. The zero-order valence-electron chi connectivity index (χ0n) is 12.4. The summed E-state index contributed by atoms with van der Waals surface area (Å²) in [5.41, 5.74) is 1.76. The van der Waals surface area contributed by atoms with Crippen LogP contribution in [0.4, 0.5) is 10.1 Å². The summed E-state index contributed by atoms with van der Waals surface area (Å²) in [6.07, 6.45) is 0. The number of aryl methyl sites for hydroxylation is 1. The van der Waals surface area contributed by atoms with Gasteiger partial charge >= 0.3 is 0 Å². The minimum absolute atomic E-state index is 0.343. The zero-order valence-corrected chi connectivity index (χ0v) is 14.0. The summed E-state index contributed by atoms with van der Waals surface area (Å²) in [6, 6.07) is 7.36. The third kappa shape index (κ3) is 3.39. The van der Waals surface area contributed by atoms with E-state index in [0.29, 0.717) is 27.2 Å². The minimum atomic E-state index is -0.411. The van der Waals surface area contributed by atoms with Gasteiger partial charge in [0.05, 0.1) is 19.8 Å². The highest BCUT2D eigenvalue weighted by Gasteiger charge is 2.14. The highest BCUT2D eigenvalue weighted by Crippen LogP contribution is 2.33. The van der Waals surface area contributed by atoms with Crippen LogP contribution < -0.4 is 14.8 Å². The van der Waals surface area contributed by atoms with E-state index in [9.17, 15) is 9.18 Å². The summed E-state index contributed by atoms with van der Waals surface area (Å²) in [5, 5.41) is 2.79. The largest absolute Gasteiger partial charge is 0.493 e. The molecule has 0 atom stereocenters. The molecule has 2 aromatic rings. The van der Waals surface area contributed by atoms with Crippen molar-refractivity contribution in [3.63, 3.8) is 0 Å². The Morgan fingerprint density at radius 3 is 2.36 bits per heavy atom. The molecule has 0 unspecified atom stereocenters. The number of hydrogen-bond acceptors (Lipinski definition) is 3. The van der Waals surface area contributed by atoms with E-state index >= 15 is 0 Å². The maximum absolute atomic E-state index is 13.1. The van der Waals surface area contributed by atoms with Gasteiger partial charge in [-0.2, -0.15) is 0 Å². The Kier molecular flexibility index (Phi) is 5.03. The van der Waals surface area contributed by atoms with Gasteiger partial charge in [-0.1, -0.05) is 0 Å². The second kappa shape index (κ2) is 6.79. The molecule has 116 valence electrons. The third-order valence-corrected chi connectivity index (χ3v) is 3.81. The Morgan fingerprint density at radius 1 is 1.14 bits per heavy atom. The third-order valence-electron chi connectivity index (χ3n) is 3.15. The van der Waals surface area contributed by atoms with E-state index in [1.807, 2.05) is 6.92 Å². The molecule has 0 heterocycles. The molecular formula is C16H15BrFNO3. The number of nitrogens with one attached hydrogen (secondary N) is 1. The molecule has 2 aromatic carbocycles. The number of ether oxygens (including phenoxy) is 2. The van der Waals surface area contributed by atoms with Crippen LogP contribution in [0.3, 0.4) is 0 Å².